The second-order valence-corrected chi connectivity index (χ2v) is 8.30. The number of sulfonamides is 1. The topological polar surface area (TPSA) is 76.3 Å². The van der Waals surface area contributed by atoms with Gasteiger partial charge in [-0.15, -0.1) is 10.2 Å². The van der Waals surface area contributed by atoms with E-state index in [1.54, 1.807) is 12.1 Å². The summed E-state index contributed by atoms with van der Waals surface area (Å²) in [6.07, 6.45) is 2.33. The van der Waals surface area contributed by atoms with Crippen molar-refractivity contribution in [1.29, 1.82) is 0 Å². The smallest absolute Gasteiger partial charge is 0.247 e. The molecule has 0 aliphatic carbocycles. The minimum absolute atomic E-state index is 0.302. The summed E-state index contributed by atoms with van der Waals surface area (Å²) in [4.78, 5) is 0.302. The van der Waals surface area contributed by atoms with Gasteiger partial charge in [0, 0.05) is 26.1 Å². The van der Waals surface area contributed by atoms with Gasteiger partial charge in [-0.2, -0.15) is 0 Å². The SMILES string of the molecule is CN(C)S(=O)(=O)c1ccc(CCCc2nnc(-c3ccccc3)o2)cc1. The van der Waals surface area contributed by atoms with Gasteiger partial charge in [-0.05, 0) is 42.7 Å². The summed E-state index contributed by atoms with van der Waals surface area (Å²) in [6, 6.07) is 16.6. The quantitative estimate of drug-likeness (QED) is 0.638. The lowest BCUT2D eigenvalue weighted by atomic mass is 10.1. The molecule has 26 heavy (non-hydrogen) atoms. The number of aryl methyl sites for hydroxylation is 2. The second-order valence-electron chi connectivity index (χ2n) is 6.15. The van der Waals surface area contributed by atoms with Crippen molar-refractivity contribution in [2.24, 2.45) is 0 Å². The number of rotatable bonds is 7. The Morgan fingerprint density at radius 2 is 1.62 bits per heavy atom. The van der Waals surface area contributed by atoms with Crippen molar-refractivity contribution in [2.45, 2.75) is 24.2 Å². The van der Waals surface area contributed by atoms with Crippen LogP contribution in [-0.2, 0) is 22.9 Å². The zero-order chi connectivity index (χ0) is 18.6. The number of hydrogen-bond donors (Lipinski definition) is 0. The van der Waals surface area contributed by atoms with E-state index < -0.39 is 10.0 Å². The predicted octanol–water partition coefficient (Wildman–Crippen LogP) is 3.16. The fourth-order valence-electron chi connectivity index (χ4n) is 2.53. The number of benzene rings is 2. The van der Waals surface area contributed by atoms with Crippen LogP contribution in [0.3, 0.4) is 0 Å². The van der Waals surface area contributed by atoms with Crippen molar-refractivity contribution >= 4 is 10.0 Å². The van der Waals surface area contributed by atoms with Crippen LogP contribution in [0.5, 0.6) is 0 Å². The summed E-state index contributed by atoms with van der Waals surface area (Å²) in [6.45, 7) is 0. The first kappa shape index (κ1) is 18.3. The van der Waals surface area contributed by atoms with Gasteiger partial charge < -0.3 is 4.42 Å². The monoisotopic (exact) mass is 371 g/mol. The lowest BCUT2D eigenvalue weighted by molar-refractivity contribution is 0.497. The molecule has 1 aromatic heterocycles. The van der Waals surface area contributed by atoms with E-state index in [1.807, 2.05) is 42.5 Å². The summed E-state index contributed by atoms with van der Waals surface area (Å²) < 4.78 is 31.0. The van der Waals surface area contributed by atoms with Crippen molar-refractivity contribution in [3.63, 3.8) is 0 Å². The van der Waals surface area contributed by atoms with E-state index in [9.17, 15) is 8.42 Å². The molecule has 0 amide bonds. The molecule has 0 radical (unpaired) electrons. The Labute approximate surface area is 153 Å². The standard InChI is InChI=1S/C19H21N3O3S/c1-22(2)26(23,24)17-13-11-15(12-14-17)7-6-10-18-20-21-19(25-18)16-8-4-3-5-9-16/h3-5,8-9,11-14H,6-7,10H2,1-2H3. The van der Waals surface area contributed by atoms with E-state index in [2.05, 4.69) is 10.2 Å². The average Bonchev–Trinajstić information content (AvgIpc) is 3.12. The van der Waals surface area contributed by atoms with Gasteiger partial charge in [-0.1, -0.05) is 30.3 Å². The van der Waals surface area contributed by atoms with E-state index in [0.717, 1.165) is 24.0 Å². The molecule has 0 bridgehead atoms. The molecule has 0 saturated carbocycles. The maximum absolute atomic E-state index is 12.1. The predicted molar refractivity (Wildman–Crippen MR) is 99.1 cm³/mol. The molecule has 0 atom stereocenters. The Morgan fingerprint density at radius 3 is 2.27 bits per heavy atom. The average molecular weight is 371 g/mol. The molecule has 7 heteroatoms. The number of hydrogen-bond acceptors (Lipinski definition) is 5. The molecule has 136 valence electrons. The van der Waals surface area contributed by atoms with Gasteiger partial charge in [0.25, 0.3) is 0 Å². The van der Waals surface area contributed by atoms with Crippen LogP contribution in [0.2, 0.25) is 0 Å². The molecule has 0 aliphatic rings. The molecular weight excluding hydrogens is 350 g/mol. The van der Waals surface area contributed by atoms with E-state index in [1.165, 1.54) is 18.4 Å². The molecule has 2 aromatic carbocycles. The van der Waals surface area contributed by atoms with E-state index in [4.69, 9.17) is 4.42 Å². The van der Waals surface area contributed by atoms with Gasteiger partial charge in [0.05, 0.1) is 4.90 Å². The maximum Gasteiger partial charge on any atom is 0.247 e. The highest BCUT2D eigenvalue weighted by molar-refractivity contribution is 7.89. The second kappa shape index (κ2) is 7.80. The normalized spacial score (nSPS) is 11.8. The summed E-state index contributed by atoms with van der Waals surface area (Å²) in [5, 5.41) is 8.17. The molecule has 6 nitrogen and oxygen atoms in total. The fraction of sp³-hybridized carbons (Fsp3) is 0.263. The lowest BCUT2D eigenvalue weighted by Crippen LogP contribution is -2.22. The largest absolute Gasteiger partial charge is 0.421 e. The van der Waals surface area contributed by atoms with Crippen molar-refractivity contribution in [3.05, 3.63) is 66.1 Å². The van der Waals surface area contributed by atoms with Crippen LogP contribution in [0.25, 0.3) is 11.5 Å². The van der Waals surface area contributed by atoms with Crippen molar-refractivity contribution < 1.29 is 12.8 Å². The third-order valence-electron chi connectivity index (χ3n) is 4.05. The minimum atomic E-state index is -3.38. The fourth-order valence-corrected chi connectivity index (χ4v) is 3.44. The minimum Gasteiger partial charge on any atom is -0.421 e. The van der Waals surface area contributed by atoms with Gasteiger partial charge in [0.2, 0.25) is 21.8 Å². The highest BCUT2D eigenvalue weighted by Gasteiger charge is 2.16. The molecule has 0 fully saturated rings. The van der Waals surface area contributed by atoms with Crippen molar-refractivity contribution in [2.75, 3.05) is 14.1 Å². The number of aromatic nitrogens is 2. The van der Waals surface area contributed by atoms with Crippen molar-refractivity contribution in [1.82, 2.24) is 14.5 Å². The summed E-state index contributed by atoms with van der Waals surface area (Å²) in [5.41, 5.74) is 1.98. The Hall–Kier alpha value is -2.51. The first-order valence-corrected chi connectivity index (χ1v) is 9.80. The van der Waals surface area contributed by atoms with Crippen LogP contribution in [0.1, 0.15) is 17.9 Å². The van der Waals surface area contributed by atoms with E-state index in [0.29, 0.717) is 23.1 Å². The molecule has 1 heterocycles. The van der Waals surface area contributed by atoms with Gasteiger partial charge in [-0.3, -0.25) is 0 Å². The summed E-state index contributed by atoms with van der Waals surface area (Å²) >= 11 is 0. The van der Waals surface area contributed by atoms with E-state index in [-0.39, 0.29) is 0 Å². The van der Waals surface area contributed by atoms with Crippen molar-refractivity contribution in [3.8, 4) is 11.5 Å². The third kappa shape index (κ3) is 4.17. The number of nitrogens with zero attached hydrogens (tertiary/aromatic N) is 3. The Bertz CT molecular complexity index is 949. The first-order chi connectivity index (χ1) is 12.5. The summed E-state index contributed by atoms with van der Waals surface area (Å²) in [5.74, 6) is 1.13. The van der Waals surface area contributed by atoms with Crippen LogP contribution >= 0.6 is 0 Å². The highest BCUT2D eigenvalue weighted by atomic mass is 32.2. The zero-order valence-electron chi connectivity index (χ0n) is 14.8. The molecule has 0 unspecified atom stereocenters. The first-order valence-electron chi connectivity index (χ1n) is 8.36. The summed E-state index contributed by atoms with van der Waals surface area (Å²) in [7, 11) is -0.330. The third-order valence-corrected chi connectivity index (χ3v) is 5.87. The zero-order valence-corrected chi connectivity index (χ0v) is 15.6. The van der Waals surface area contributed by atoms with Gasteiger partial charge in [-0.25, -0.2) is 12.7 Å². The molecule has 3 rings (SSSR count). The van der Waals surface area contributed by atoms with Gasteiger partial charge in [0.1, 0.15) is 0 Å². The lowest BCUT2D eigenvalue weighted by Gasteiger charge is -2.11. The van der Waals surface area contributed by atoms with Crippen LogP contribution < -0.4 is 0 Å². The Morgan fingerprint density at radius 1 is 0.923 bits per heavy atom. The molecule has 0 saturated heterocycles. The van der Waals surface area contributed by atoms with Crippen LogP contribution in [-0.4, -0.2) is 37.0 Å². The van der Waals surface area contributed by atoms with Crippen LogP contribution in [0.15, 0.2) is 63.9 Å². The van der Waals surface area contributed by atoms with Crippen LogP contribution in [0.4, 0.5) is 0 Å². The van der Waals surface area contributed by atoms with E-state index >= 15 is 0 Å². The Balaban J connectivity index is 1.56. The Kier molecular flexibility index (Phi) is 5.49. The highest BCUT2D eigenvalue weighted by Crippen LogP contribution is 2.19. The molecule has 3 aromatic rings. The molecular formula is C19H21N3O3S. The van der Waals surface area contributed by atoms with Crippen LogP contribution in [0, 0.1) is 0 Å². The molecule has 0 aliphatic heterocycles. The molecule has 0 spiro atoms. The maximum atomic E-state index is 12.1. The van der Waals surface area contributed by atoms with Gasteiger partial charge >= 0.3 is 0 Å². The molecule has 0 N–H and O–H groups in total. The van der Waals surface area contributed by atoms with Gasteiger partial charge in [0.15, 0.2) is 0 Å².